The van der Waals surface area contributed by atoms with Gasteiger partial charge in [0.2, 0.25) is 0 Å². The summed E-state index contributed by atoms with van der Waals surface area (Å²) in [6, 6.07) is 20.5. The van der Waals surface area contributed by atoms with Crippen LogP contribution in [-0.4, -0.2) is 65.7 Å². The van der Waals surface area contributed by atoms with Crippen molar-refractivity contribution in [3.8, 4) is 17.2 Å². The fraction of sp³-hybridized carbons (Fsp3) is 0.296. The summed E-state index contributed by atoms with van der Waals surface area (Å²) in [5, 5.41) is 0. The van der Waals surface area contributed by atoms with Crippen LogP contribution < -0.4 is 23.8 Å². The molecule has 1 N–H and O–H groups in total. The van der Waals surface area contributed by atoms with Gasteiger partial charge in [-0.25, -0.2) is 8.42 Å². The van der Waals surface area contributed by atoms with Crippen LogP contribution in [0.2, 0.25) is 0 Å². The quantitative estimate of drug-likeness (QED) is 0.432. The molecule has 37 heavy (non-hydrogen) atoms. The van der Waals surface area contributed by atoms with Crippen molar-refractivity contribution >= 4 is 27.3 Å². The molecular weight excluding hydrogens is 494 g/mol. The van der Waals surface area contributed by atoms with E-state index >= 15 is 0 Å². The van der Waals surface area contributed by atoms with E-state index in [2.05, 4.69) is 9.62 Å². The fourth-order valence-electron chi connectivity index (χ4n) is 3.96. The zero-order valence-corrected chi connectivity index (χ0v) is 21.7. The van der Waals surface area contributed by atoms with E-state index in [0.29, 0.717) is 36.9 Å². The van der Waals surface area contributed by atoms with Gasteiger partial charge in [-0.3, -0.25) is 9.52 Å². The lowest BCUT2D eigenvalue weighted by atomic mass is 10.2. The molecule has 10 heteroatoms. The number of sulfonamides is 1. The Balaban J connectivity index is 1.25. The molecule has 1 fully saturated rings. The summed E-state index contributed by atoms with van der Waals surface area (Å²) in [5.41, 5.74) is 1.53. The van der Waals surface area contributed by atoms with E-state index in [1.54, 1.807) is 48.4 Å². The molecule has 0 atom stereocenters. The van der Waals surface area contributed by atoms with Gasteiger partial charge in [0.15, 0.2) is 6.61 Å². The zero-order valence-electron chi connectivity index (χ0n) is 20.9. The summed E-state index contributed by atoms with van der Waals surface area (Å²) in [6.07, 6.45) is 0. The fourth-order valence-corrected chi connectivity index (χ4v) is 5.02. The van der Waals surface area contributed by atoms with E-state index in [-0.39, 0.29) is 17.4 Å². The van der Waals surface area contributed by atoms with Gasteiger partial charge < -0.3 is 24.0 Å². The molecule has 1 aliphatic heterocycles. The Morgan fingerprint density at radius 2 is 1.38 bits per heavy atom. The van der Waals surface area contributed by atoms with Crippen molar-refractivity contribution in [1.82, 2.24) is 4.90 Å². The minimum Gasteiger partial charge on any atom is -0.497 e. The summed E-state index contributed by atoms with van der Waals surface area (Å²) in [7, 11) is -2.13. The Morgan fingerprint density at radius 3 is 1.97 bits per heavy atom. The molecule has 0 aliphatic carbocycles. The number of nitrogens with zero attached hydrogens (tertiary/aromatic N) is 2. The Kier molecular flexibility index (Phi) is 8.39. The number of amides is 1. The van der Waals surface area contributed by atoms with Gasteiger partial charge in [0.25, 0.3) is 15.9 Å². The maximum Gasteiger partial charge on any atom is 0.261 e. The van der Waals surface area contributed by atoms with E-state index in [9.17, 15) is 13.2 Å². The van der Waals surface area contributed by atoms with E-state index in [0.717, 1.165) is 24.5 Å². The summed E-state index contributed by atoms with van der Waals surface area (Å²) in [6.45, 7) is 4.96. The minimum absolute atomic E-state index is 0.0923. The van der Waals surface area contributed by atoms with Crippen LogP contribution in [0, 0.1) is 0 Å². The predicted octanol–water partition coefficient (Wildman–Crippen LogP) is 3.62. The molecule has 0 unspecified atom stereocenters. The topological polar surface area (TPSA) is 97.4 Å². The highest BCUT2D eigenvalue weighted by Gasteiger charge is 2.22. The first-order valence-electron chi connectivity index (χ1n) is 12.0. The van der Waals surface area contributed by atoms with Crippen molar-refractivity contribution in [3.63, 3.8) is 0 Å². The molecule has 1 amide bonds. The third-order valence-electron chi connectivity index (χ3n) is 5.98. The Bertz CT molecular complexity index is 1270. The molecular formula is C27H31N3O6S. The number of carbonyl (C=O) groups is 1. The van der Waals surface area contributed by atoms with Crippen LogP contribution in [0.4, 0.5) is 11.4 Å². The van der Waals surface area contributed by atoms with Crippen LogP contribution in [0.25, 0.3) is 0 Å². The average molecular weight is 526 g/mol. The van der Waals surface area contributed by atoms with Gasteiger partial charge >= 0.3 is 0 Å². The van der Waals surface area contributed by atoms with Crippen LogP contribution in [0.3, 0.4) is 0 Å². The standard InChI is InChI=1S/C27H31N3O6S/c1-3-35-24-8-4-21(5-9-24)28-37(32,33)26-14-12-25(13-15-26)36-20-27(31)30-18-16-29(17-19-30)22-6-10-23(34-2)11-7-22/h4-15,28H,3,16-20H2,1-2H3. The number of anilines is 2. The molecule has 9 nitrogen and oxygen atoms in total. The molecule has 1 aliphatic rings. The second-order valence-corrected chi connectivity index (χ2v) is 10.1. The van der Waals surface area contributed by atoms with Gasteiger partial charge in [-0.05, 0) is 79.7 Å². The van der Waals surface area contributed by atoms with Crippen LogP contribution in [0.15, 0.2) is 77.7 Å². The Morgan fingerprint density at radius 1 is 0.811 bits per heavy atom. The second kappa shape index (κ2) is 11.9. The number of piperazine rings is 1. The number of hydrogen-bond acceptors (Lipinski definition) is 7. The molecule has 0 radical (unpaired) electrons. The van der Waals surface area contributed by atoms with Crippen LogP contribution in [0.1, 0.15) is 6.92 Å². The lowest BCUT2D eigenvalue weighted by Gasteiger charge is -2.36. The predicted molar refractivity (Wildman–Crippen MR) is 142 cm³/mol. The average Bonchev–Trinajstić information content (AvgIpc) is 2.93. The second-order valence-electron chi connectivity index (χ2n) is 8.39. The number of rotatable bonds is 10. The number of carbonyl (C=O) groups excluding carboxylic acids is 1. The third-order valence-corrected chi connectivity index (χ3v) is 7.38. The first-order chi connectivity index (χ1) is 17.9. The van der Waals surface area contributed by atoms with E-state index < -0.39 is 10.0 Å². The number of methoxy groups -OCH3 is 1. The minimum atomic E-state index is -3.77. The maximum absolute atomic E-state index is 12.7. The number of benzene rings is 3. The third kappa shape index (κ3) is 6.85. The summed E-state index contributed by atoms with van der Waals surface area (Å²) in [4.78, 5) is 16.7. The lowest BCUT2D eigenvalue weighted by Crippen LogP contribution is -2.50. The van der Waals surface area contributed by atoms with E-state index in [1.165, 1.54) is 12.1 Å². The highest BCUT2D eigenvalue weighted by atomic mass is 32.2. The molecule has 0 aromatic heterocycles. The zero-order chi connectivity index (χ0) is 26.3. The molecule has 0 spiro atoms. The molecule has 3 aromatic rings. The lowest BCUT2D eigenvalue weighted by molar-refractivity contribution is -0.133. The van der Waals surface area contributed by atoms with Gasteiger partial charge in [-0.15, -0.1) is 0 Å². The van der Waals surface area contributed by atoms with Crippen molar-refractivity contribution in [3.05, 3.63) is 72.8 Å². The molecule has 196 valence electrons. The first-order valence-corrected chi connectivity index (χ1v) is 13.5. The van der Waals surface area contributed by atoms with Crippen molar-refractivity contribution in [2.45, 2.75) is 11.8 Å². The monoisotopic (exact) mass is 525 g/mol. The van der Waals surface area contributed by atoms with Gasteiger partial charge in [-0.2, -0.15) is 0 Å². The summed E-state index contributed by atoms with van der Waals surface area (Å²) >= 11 is 0. The first kappa shape index (κ1) is 26.2. The molecule has 3 aromatic carbocycles. The highest BCUT2D eigenvalue weighted by molar-refractivity contribution is 7.92. The van der Waals surface area contributed by atoms with Gasteiger partial charge in [0, 0.05) is 37.6 Å². The number of ether oxygens (including phenoxy) is 3. The largest absolute Gasteiger partial charge is 0.497 e. The van der Waals surface area contributed by atoms with Crippen LogP contribution >= 0.6 is 0 Å². The molecule has 0 saturated carbocycles. The summed E-state index contributed by atoms with van der Waals surface area (Å²) < 4.78 is 44.2. The van der Waals surface area contributed by atoms with E-state index in [4.69, 9.17) is 14.2 Å². The molecule has 0 bridgehead atoms. The van der Waals surface area contributed by atoms with Crippen molar-refractivity contribution in [1.29, 1.82) is 0 Å². The normalized spacial score (nSPS) is 13.7. The van der Waals surface area contributed by atoms with Gasteiger partial charge in [-0.1, -0.05) is 0 Å². The van der Waals surface area contributed by atoms with Gasteiger partial charge in [0.05, 0.1) is 18.6 Å². The highest BCUT2D eigenvalue weighted by Crippen LogP contribution is 2.23. The Hall–Kier alpha value is -3.92. The van der Waals surface area contributed by atoms with Gasteiger partial charge in [0.1, 0.15) is 17.2 Å². The van der Waals surface area contributed by atoms with Crippen molar-refractivity contribution in [2.24, 2.45) is 0 Å². The van der Waals surface area contributed by atoms with E-state index in [1.807, 2.05) is 31.2 Å². The van der Waals surface area contributed by atoms with Crippen LogP contribution in [0.5, 0.6) is 17.2 Å². The smallest absolute Gasteiger partial charge is 0.261 e. The number of hydrogen-bond donors (Lipinski definition) is 1. The Labute approximate surface area is 217 Å². The maximum atomic E-state index is 12.7. The molecule has 4 rings (SSSR count). The van der Waals surface area contributed by atoms with Crippen molar-refractivity contribution in [2.75, 3.05) is 56.1 Å². The number of nitrogens with one attached hydrogen (secondary N) is 1. The molecule has 1 heterocycles. The molecule has 1 saturated heterocycles. The summed E-state index contributed by atoms with van der Waals surface area (Å²) in [5.74, 6) is 1.79. The van der Waals surface area contributed by atoms with Crippen molar-refractivity contribution < 1.29 is 27.4 Å². The van der Waals surface area contributed by atoms with Crippen LogP contribution in [-0.2, 0) is 14.8 Å². The SMILES string of the molecule is CCOc1ccc(NS(=O)(=O)c2ccc(OCC(=O)N3CCN(c4ccc(OC)cc4)CC3)cc2)cc1.